The van der Waals surface area contributed by atoms with E-state index in [0.29, 0.717) is 0 Å². The summed E-state index contributed by atoms with van der Waals surface area (Å²) in [4.78, 5) is 2.37. The molecular formula is C66H43NO. The molecule has 13 rings (SSSR count). The van der Waals surface area contributed by atoms with Gasteiger partial charge in [0.05, 0.1) is 5.69 Å². The highest BCUT2D eigenvalue weighted by molar-refractivity contribution is 6.24. The number of anilines is 3. The Morgan fingerprint density at radius 1 is 0.250 bits per heavy atom. The zero-order valence-electron chi connectivity index (χ0n) is 37.2. The van der Waals surface area contributed by atoms with Crippen LogP contribution < -0.4 is 4.90 Å². The van der Waals surface area contributed by atoms with Crippen LogP contribution in [0.25, 0.3) is 110 Å². The average Bonchev–Trinajstić information content (AvgIpc) is 3.82. The number of benzene rings is 12. The van der Waals surface area contributed by atoms with Gasteiger partial charge in [-0.25, -0.2) is 0 Å². The number of rotatable bonds is 8. The molecule has 0 unspecified atom stereocenters. The third-order valence-corrected chi connectivity index (χ3v) is 13.6. The van der Waals surface area contributed by atoms with Gasteiger partial charge in [0, 0.05) is 27.7 Å². The SMILES string of the molecule is c1ccc(-c2ccccc2-c2ccc(N(c3ccc(-c4ccc5cc(-c6ccc7ccccc7c6)ccc5c4)cc3)c3cc4ccccc4c4c3oc3c(-c5ccccc5)cccc34)cc2)cc1. The number of hydrogen-bond acceptors (Lipinski definition) is 2. The first-order chi connectivity index (χ1) is 33.7. The van der Waals surface area contributed by atoms with Gasteiger partial charge in [0.15, 0.2) is 5.58 Å². The summed E-state index contributed by atoms with van der Waals surface area (Å²) in [6.45, 7) is 0. The Labute approximate surface area is 395 Å². The van der Waals surface area contributed by atoms with Gasteiger partial charge in [-0.3, -0.25) is 0 Å². The van der Waals surface area contributed by atoms with Crippen LogP contribution in [0, 0.1) is 0 Å². The highest BCUT2D eigenvalue weighted by Crippen LogP contribution is 2.48. The molecule has 0 aliphatic carbocycles. The van der Waals surface area contributed by atoms with E-state index in [9.17, 15) is 0 Å². The van der Waals surface area contributed by atoms with Crippen LogP contribution in [0.15, 0.2) is 265 Å². The van der Waals surface area contributed by atoms with Crippen molar-refractivity contribution >= 4 is 71.3 Å². The minimum absolute atomic E-state index is 0.849. The fourth-order valence-electron chi connectivity index (χ4n) is 10.2. The third kappa shape index (κ3) is 6.90. The molecule has 12 aromatic carbocycles. The Morgan fingerprint density at radius 2 is 0.676 bits per heavy atom. The normalized spacial score (nSPS) is 11.5. The predicted octanol–water partition coefficient (Wildman–Crippen LogP) is 18.9. The quantitative estimate of drug-likeness (QED) is 0.151. The summed E-state index contributed by atoms with van der Waals surface area (Å²) in [5, 5.41) is 9.47. The van der Waals surface area contributed by atoms with Gasteiger partial charge in [-0.15, -0.1) is 0 Å². The summed E-state index contributed by atoms with van der Waals surface area (Å²) >= 11 is 0. The van der Waals surface area contributed by atoms with Crippen LogP contribution in [0.1, 0.15) is 0 Å². The molecule has 318 valence electrons. The lowest BCUT2D eigenvalue weighted by Crippen LogP contribution is -2.10. The summed E-state index contributed by atoms with van der Waals surface area (Å²) in [5.41, 5.74) is 16.5. The summed E-state index contributed by atoms with van der Waals surface area (Å²) in [5.74, 6) is 0. The van der Waals surface area contributed by atoms with Gasteiger partial charge in [-0.1, -0.05) is 212 Å². The molecule has 0 amide bonds. The first-order valence-electron chi connectivity index (χ1n) is 23.3. The largest absolute Gasteiger partial charge is 0.453 e. The number of hydrogen-bond donors (Lipinski definition) is 0. The molecule has 1 heterocycles. The molecule has 13 aromatic rings. The lowest BCUT2D eigenvalue weighted by atomic mass is 9.94. The van der Waals surface area contributed by atoms with Crippen molar-refractivity contribution in [1.82, 2.24) is 0 Å². The molecule has 2 heteroatoms. The van der Waals surface area contributed by atoms with Crippen LogP contribution in [0.5, 0.6) is 0 Å². The monoisotopic (exact) mass is 865 g/mol. The second-order valence-electron chi connectivity index (χ2n) is 17.7. The molecule has 0 saturated heterocycles. The van der Waals surface area contributed by atoms with Gasteiger partial charge in [0.1, 0.15) is 5.58 Å². The zero-order valence-corrected chi connectivity index (χ0v) is 37.2. The van der Waals surface area contributed by atoms with E-state index >= 15 is 0 Å². The lowest BCUT2D eigenvalue weighted by Gasteiger charge is -2.26. The van der Waals surface area contributed by atoms with E-state index in [-0.39, 0.29) is 0 Å². The molecule has 0 aliphatic rings. The van der Waals surface area contributed by atoms with Crippen molar-refractivity contribution in [3.8, 4) is 55.6 Å². The number of fused-ring (bicyclic) bond motifs is 7. The Hall–Kier alpha value is -8.98. The van der Waals surface area contributed by atoms with Crippen molar-refractivity contribution in [2.45, 2.75) is 0 Å². The molecule has 0 spiro atoms. The zero-order chi connectivity index (χ0) is 45.0. The van der Waals surface area contributed by atoms with Crippen molar-refractivity contribution < 1.29 is 4.42 Å². The number of para-hydroxylation sites is 1. The third-order valence-electron chi connectivity index (χ3n) is 13.6. The maximum atomic E-state index is 7.21. The highest BCUT2D eigenvalue weighted by atomic mass is 16.3. The minimum atomic E-state index is 0.849. The fraction of sp³-hybridized carbons (Fsp3) is 0. The van der Waals surface area contributed by atoms with Gasteiger partial charge in [-0.05, 0) is 131 Å². The maximum Gasteiger partial charge on any atom is 0.160 e. The molecule has 0 fully saturated rings. The first kappa shape index (κ1) is 39.4. The van der Waals surface area contributed by atoms with Gasteiger partial charge in [0.2, 0.25) is 0 Å². The second kappa shape index (κ2) is 16.5. The molecule has 0 saturated carbocycles. The fourth-order valence-corrected chi connectivity index (χ4v) is 10.2. The van der Waals surface area contributed by atoms with E-state index in [1.165, 1.54) is 60.3 Å². The summed E-state index contributed by atoms with van der Waals surface area (Å²) in [6, 6.07) is 94.3. The summed E-state index contributed by atoms with van der Waals surface area (Å²) in [7, 11) is 0. The van der Waals surface area contributed by atoms with Crippen molar-refractivity contribution in [3.05, 3.63) is 261 Å². The number of nitrogens with zero attached hydrogens (tertiary/aromatic N) is 1. The molecule has 2 nitrogen and oxygen atoms in total. The molecule has 68 heavy (non-hydrogen) atoms. The Kier molecular flexibility index (Phi) is 9.54. The first-order valence-corrected chi connectivity index (χ1v) is 23.3. The Morgan fingerprint density at radius 3 is 1.31 bits per heavy atom. The summed E-state index contributed by atoms with van der Waals surface area (Å²) in [6.07, 6.45) is 0. The van der Waals surface area contributed by atoms with E-state index in [0.717, 1.165) is 66.6 Å². The lowest BCUT2D eigenvalue weighted by molar-refractivity contribution is 0.670. The van der Waals surface area contributed by atoms with E-state index in [4.69, 9.17) is 4.42 Å². The highest BCUT2D eigenvalue weighted by Gasteiger charge is 2.23. The van der Waals surface area contributed by atoms with Crippen molar-refractivity contribution in [1.29, 1.82) is 0 Å². The van der Waals surface area contributed by atoms with Crippen molar-refractivity contribution in [3.63, 3.8) is 0 Å². The van der Waals surface area contributed by atoms with Crippen LogP contribution in [-0.4, -0.2) is 0 Å². The Balaban J connectivity index is 0.942. The molecule has 0 aliphatic heterocycles. The molecular weight excluding hydrogens is 823 g/mol. The molecule has 0 atom stereocenters. The van der Waals surface area contributed by atoms with E-state index in [1.807, 2.05) is 0 Å². The van der Waals surface area contributed by atoms with Gasteiger partial charge in [0.25, 0.3) is 0 Å². The molecule has 0 bridgehead atoms. The smallest absolute Gasteiger partial charge is 0.160 e. The predicted molar refractivity (Wildman–Crippen MR) is 288 cm³/mol. The van der Waals surface area contributed by atoms with Crippen LogP contribution in [-0.2, 0) is 0 Å². The van der Waals surface area contributed by atoms with Gasteiger partial charge in [-0.2, -0.15) is 0 Å². The van der Waals surface area contributed by atoms with E-state index < -0.39 is 0 Å². The summed E-state index contributed by atoms with van der Waals surface area (Å²) < 4.78 is 7.21. The Bertz CT molecular complexity index is 4000. The van der Waals surface area contributed by atoms with Crippen LogP contribution in [0.2, 0.25) is 0 Å². The van der Waals surface area contributed by atoms with Crippen LogP contribution in [0.4, 0.5) is 17.1 Å². The van der Waals surface area contributed by atoms with Gasteiger partial charge >= 0.3 is 0 Å². The number of furan rings is 1. The van der Waals surface area contributed by atoms with Crippen LogP contribution in [0.3, 0.4) is 0 Å². The van der Waals surface area contributed by atoms with E-state index in [1.54, 1.807) is 0 Å². The topological polar surface area (TPSA) is 16.4 Å². The second-order valence-corrected chi connectivity index (χ2v) is 17.7. The van der Waals surface area contributed by atoms with E-state index in [2.05, 4.69) is 266 Å². The van der Waals surface area contributed by atoms with Gasteiger partial charge < -0.3 is 9.32 Å². The standard InChI is InChI=1S/C66H43NO/c1-3-15-46(16-4-1)58-21-11-12-22-59(58)48-34-38-57(39-35-48)67(63-43-55-20-9-10-23-60(55)64-62-25-13-24-61(65(62)68-66(63)64)47-17-5-2-6-18-47)56-36-32-45(33-37-56)50-28-29-53-42-54(31-30-52(53)41-50)51-27-26-44-14-7-8-19-49(44)40-51/h1-43H. The van der Waals surface area contributed by atoms with Crippen molar-refractivity contribution in [2.24, 2.45) is 0 Å². The maximum absolute atomic E-state index is 7.21. The molecule has 1 aromatic heterocycles. The van der Waals surface area contributed by atoms with Crippen LogP contribution >= 0.6 is 0 Å². The molecule has 0 N–H and O–H groups in total. The average molecular weight is 866 g/mol. The minimum Gasteiger partial charge on any atom is -0.453 e. The van der Waals surface area contributed by atoms with Crippen molar-refractivity contribution in [2.75, 3.05) is 4.90 Å². The molecule has 0 radical (unpaired) electrons.